The Morgan fingerprint density at radius 1 is 1.00 bits per heavy atom. The Bertz CT molecular complexity index is 1110. The molecule has 2 saturated heterocycles. The van der Waals surface area contributed by atoms with Gasteiger partial charge in [0.05, 0.1) is 5.69 Å². The lowest BCUT2D eigenvalue weighted by atomic mass is 10.0. The summed E-state index contributed by atoms with van der Waals surface area (Å²) in [5.41, 5.74) is 5.17. The molecule has 32 heavy (non-hydrogen) atoms. The standard InChI is InChI=1S/C26H33N5S/c1-3-29-13-15-30(16-14-29)20-11-12-31(17-20)26-27-24(19-9-7-18(2)8-10-19)23-21-5-4-6-22(21)32-25(23)28-26/h7-10,20H,3-6,11-17H2,1-2H3. The quantitative estimate of drug-likeness (QED) is 0.593. The molecule has 2 aliphatic heterocycles. The van der Waals surface area contributed by atoms with Gasteiger partial charge in [-0.25, -0.2) is 9.97 Å². The van der Waals surface area contributed by atoms with E-state index in [9.17, 15) is 0 Å². The number of aromatic nitrogens is 2. The Labute approximate surface area is 195 Å². The van der Waals surface area contributed by atoms with E-state index in [1.54, 1.807) is 0 Å². The first kappa shape index (κ1) is 20.6. The number of hydrogen-bond donors (Lipinski definition) is 0. The minimum absolute atomic E-state index is 0.629. The molecule has 1 atom stereocenters. The van der Waals surface area contributed by atoms with Gasteiger partial charge in [-0.2, -0.15) is 0 Å². The zero-order chi connectivity index (χ0) is 21.7. The fourth-order valence-electron chi connectivity index (χ4n) is 5.71. The number of fused-ring (bicyclic) bond motifs is 3. The van der Waals surface area contributed by atoms with E-state index in [1.165, 1.54) is 90.2 Å². The summed E-state index contributed by atoms with van der Waals surface area (Å²) in [4.78, 5) is 20.8. The third-order valence-corrected chi connectivity index (χ3v) is 8.88. The Kier molecular flexibility index (Phi) is 5.40. The van der Waals surface area contributed by atoms with Gasteiger partial charge >= 0.3 is 0 Å². The summed E-state index contributed by atoms with van der Waals surface area (Å²) in [5.74, 6) is 0.933. The fourth-order valence-corrected chi connectivity index (χ4v) is 6.97. The number of nitrogens with zero attached hydrogens (tertiary/aromatic N) is 5. The van der Waals surface area contributed by atoms with Gasteiger partial charge in [0.15, 0.2) is 0 Å². The topological polar surface area (TPSA) is 35.5 Å². The molecule has 2 aromatic heterocycles. The molecular formula is C26H33N5S. The van der Waals surface area contributed by atoms with Gasteiger partial charge < -0.3 is 9.80 Å². The summed E-state index contributed by atoms with van der Waals surface area (Å²) in [6, 6.07) is 9.51. The molecule has 0 saturated carbocycles. The minimum Gasteiger partial charge on any atom is -0.339 e. The van der Waals surface area contributed by atoms with Crippen LogP contribution in [0.15, 0.2) is 24.3 Å². The number of piperazine rings is 1. The minimum atomic E-state index is 0.629. The van der Waals surface area contributed by atoms with E-state index in [0.717, 1.165) is 24.7 Å². The van der Waals surface area contributed by atoms with Crippen molar-refractivity contribution in [1.29, 1.82) is 0 Å². The van der Waals surface area contributed by atoms with Gasteiger partial charge in [0.1, 0.15) is 4.83 Å². The van der Waals surface area contributed by atoms with Crippen LogP contribution in [-0.4, -0.2) is 71.6 Å². The van der Waals surface area contributed by atoms with Crippen LogP contribution in [0, 0.1) is 6.92 Å². The van der Waals surface area contributed by atoms with Gasteiger partial charge in [0.2, 0.25) is 5.95 Å². The van der Waals surface area contributed by atoms with Crippen molar-refractivity contribution >= 4 is 27.5 Å². The molecule has 3 aromatic rings. The van der Waals surface area contributed by atoms with E-state index in [2.05, 4.69) is 52.8 Å². The van der Waals surface area contributed by atoms with Crippen molar-refractivity contribution < 1.29 is 0 Å². The van der Waals surface area contributed by atoms with Gasteiger partial charge in [-0.1, -0.05) is 36.8 Å². The summed E-state index contributed by atoms with van der Waals surface area (Å²) in [6.07, 6.45) is 4.86. The van der Waals surface area contributed by atoms with Crippen molar-refractivity contribution in [3.05, 3.63) is 40.3 Å². The van der Waals surface area contributed by atoms with Crippen molar-refractivity contribution in [3.63, 3.8) is 0 Å². The maximum absolute atomic E-state index is 5.23. The average Bonchev–Trinajstić information content (AvgIpc) is 3.55. The van der Waals surface area contributed by atoms with Crippen molar-refractivity contribution in [1.82, 2.24) is 19.8 Å². The number of aryl methyl sites for hydroxylation is 3. The molecule has 1 unspecified atom stereocenters. The zero-order valence-corrected chi connectivity index (χ0v) is 20.1. The lowest BCUT2D eigenvalue weighted by Crippen LogP contribution is -2.50. The second kappa shape index (κ2) is 8.40. The maximum atomic E-state index is 5.23. The van der Waals surface area contributed by atoms with E-state index in [-0.39, 0.29) is 0 Å². The van der Waals surface area contributed by atoms with Crippen LogP contribution in [0.25, 0.3) is 21.5 Å². The van der Waals surface area contributed by atoms with Crippen molar-refractivity contribution in [2.24, 2.45) is 0 Å². The second-order valence-corrected chi connectivity index (χ2v) is 10.7. The van der Waals surface area contributed by atoms with Crippen LogP contribution < -0.4 is 4.90 Å². The van der Waals surface area contributed by atoms with Crippen LogP contribution in [0.1, 0.15) is 35.8 Å². The number of benzene rings is 1. The molecule has 1 aromatic carbocycles. The van der Waals surface area contributed by atoms with Crippen LogP contribution in [-0.2, 0) is 12.8 Å². The van der Waals surface area contributed by atoms with Gasteiger partial charge in [-0.15, -0.1) is 11.3 Å². The zero-order valence-electron chi connectivity index (χ0n) is 19.3. The Morgan fingerprint density at radius 3 is 2.59 bits per heavy atom. The van der Waals surface area contributed by atoms with Gasteiger partial charge in [-0.3, -0.25) is 4.90 Å². The van der Waals surface area contributed by atoms with E-state index in [4.69, 9.17) is 9.97 Å². The van der Waals surface area contributed by atoms with Crippen molar-refractivity contribution in [3.8, 4) is 11.3 Å². The first-order chi connectivity index (χ1) is 15.7. The Morgan fingerprint density at radius 2 is 1.81 bits per heavy atom. The molecule has 0 bridgehead atoms. The average molecular weight is 448 g/mol. The number of thiophene rings is 1. The number of hydrogen-bond acceptors (Lipinski definition) is 6. The van der Waals surface area contributed by atoms with E-state index in [0.29, 0.717) is 6.04 Å². The predicted octanol–water partition coefficient (Wildman–Crippen LogP) is 4.37. The molecule has 0 spiro atoms. The van der Waals surface area contributed by atoms with E-state index in [1.807, 2.05) is 11.3 Å². The van der Waals surface area contributed by atoms with Crippen molar-refractivity contribution in [2.45, 2.75) is 45.6 Å². The smallest absolute Gasteiger partial charge is 0.227 e. The molecule has 0 amide bonds. The number of anilines is 1. The van der Waals surface area contributed by atoms with Gasteiger partial charge in [0, 0.05) is 61.1 Å². The van der Waals surface area contributed by atoms with Crippen LogP contribution in [0.2, 0.25) is 0 Å². The first-order valence-electron chi connectivity index (χ1n) is 12.3. The van der Waals surface area contributed by atoms with Crippen molar-refractivity contribution in [2.75, 3.05) is 50.7 Å². The summed E-state index contributed by atoms with van der Waals surface area (Å²) in [7, 11) is 0. The summed E-state index contributed by atoms with van der Waals surface area (Å²) in [5, 5.41) is 1.32. The van der Waals surface area contributed by atoms with Crippen LogP contribution >= 0.6 is 11.3 Å². The molecule has 3 aliphatic rings. The lowest BCUT2D eigenvalue weighted by molar-refractivity contribution is 0.107. The highest BCUT2D eigenvalue weighted by atomic mass is 32.1. The van der Waals surface area contributed by atoms with Crippen LogP contribution in [0.3, 0.4) is 0 Å². The maximum Gasteiger partial charge on any atom is 0.227 e. The predicted molar refractivity (Wildman–Crippen MR) is 134 cm³/mol. The largest absolute Gasteiger partial charge is 0.339 e. The number of rotatable bonds is 4. The molecule has 2 fully saturated rings. The van der Waals surface area contributed by atoms with Crippen LogP contribution in [0.5, 0.6) is 0 Å². The highest BCUT2D eigenvalue weighted by molar-refractivity contribution is 7.19. The molecule has 168 valence electrons. The molecule has 0 radical (unpaired) electrons. The molecule has 0 N–H and O–H groups in total. The molecule has 6 rings (SSSR count). The molecular weight excluding hydrogens is 414 g/mol. The highest BCUT2D eigenvalue weighted by Crippen LogP contribution is 2.42. The van der Waals surface area contributed by atoms with E-state index >= 15 is 0 Å². The first-order valence-corrected chi connectivity index (χ1v) is 13.1. The SMILES string of the molecule is CCN1CCN(C2CCN(c3nc(-c4ccc(C)cc4)c4c5c(sc4n3)CCC5)C2)CC1. The van der Waals surface area contributed by atoms with Gasteiger partial charge in [0.25, 0.3) is 0 Å². The highest BCUT2D eigenvalue weighted by Gasteiger charge is 2.32. The summed E-state index contributed by atoms with van der Waals surface area (Å²) < 4.78 is 0. The normalized spacial score (nSPS) is 22.2. The summed E-state index contributed by atoms with van der Waals surface area (Å²) in [6.45, 7) is 12.5. The third kappa shape index (κ3) is 3.62. The molecule has 1 aliphatic carbocycles. The molecule has 4 heterocycles. The molecule has 5 nitrogen and oxygen atoms in total. The fraction of sp³-hybridized carbons (Fsp3) is 0.538. The Balaban J connectivity index is 1.32. The molecule has 6 heteroatoms. The van der Waals surface area contributed by atoms with Gasteiger partial charge in [-0.05, 0) is 44.7 Å². The van der Waals surface area contributed by atoms with E-state index < -0.39 is 0 Å². The monoisotopic (exact) mass is 447 g/mol. The third-order valence-electron chi connectivity index (χ3n) is 7.69. The number of likely N-dealkylation sites (N-methyl/N-ethyl adjacent to an activating group) is 1. The van der Waals surface area contributed by atoms with Crippen LogP contribution in [0.4, 0.5) is 5.95 Å². The Hall–Kier alpha value is -2.02. The lowest BCUT2D eigenvalue weighted by Gasteiger charge is -2.37. The summed E-state index contributed by atoms with van der Waals surface area (Å²) >= 11 is 1.91. The second-order valence-electron chi connectivity index (χ2n) is 9.63.